The fraction of sp³-hybridized carbons (Fsp3) is 0.286. The number of pyridine rings is 1. The van der Waals surface area contributed by atoms with E-state index in [0.717, 1.165) is 23.9 Å². The number of hydrogen-bond donors (Lipinski definition) is 4. The lowest BCUT2D eigenvalue weighted by Gasteiger charge is -2.37. The zero-order valence-electron chi connectivity index (χ0n) is 27.6. The average Bonchev–Trinajstić information content (AvgIpc) is 3.48. The number of amidine groups is 1. The minimum atomic E-state index is -4.60. The van der Waals surface area contributed by atoms with Crippen LogP contribution in [0.1, 0.15) is 39.9 Å². The van der Waals surface area contributed by atoms with Crippen molar-refractivity contribution < 1.29 is 47.0 Å². The number of aliphatic imine (C=N–C) groups is 2. The Kier molecular flexibility index (Phi) is 9.91. The summed E-state index contributed by atoms with van der Waals surface area (Å²) < 4.78 is 50.5. The van der Waals surface area contributed by atoms with Crippen LogP contribution < -0.4 is 20.2 Å². The molecule has 2 aromatic carbocycles. The molecule has 0 saturated carbocycles. The summed E-state index contributed by atoms with van der Waals surface area (Å²) in [6, 6.07) is 12.9. The van der Waals surface area contributed by atoms with E-state index >= 15 is 0 Å². The molecular formula is C35H35F3N7O6+. The number of piperidine rings is 1. The molecule has 1 aromatic heterocycles. The normalized spacial score (nSPS) is 21.3. The summed E-state index contributed by atoms with van der Waals surface area (Å²) in [6.07, 6.45) is 1.35. The Bertz CT molecular complexity index is 1950. The molecule has 3 aromatic rings. The van der Waals surface area contributed by atoms with E-state index in [1.54, 1.807) is 44.8 Å². The number of aliphatic hydroxyl groups is 1. The van der Waals surface area contributed by atoms with Crippen molar-refractivity contribution >= 4 is 29.9 Å². The van der Waals surface area contributed by atoms with Gasteiger partial charge in [-0.15, -0.1) is 10.0 Å². The van der Waals surface area contributed by atoms with Crippen molar-refractivity contribution in [2.45, 2.75) is 31.6 Å². The molecule has 3 aliphatic rings. The molecule has 3 atom stereocenters. The molecule has 51 heavy (non-hydrogen) atoms. The number of hydrogen-bond acceptors (Lipinski definition) is 9. The molecule has 3 aliphatic heterocycles. The van der Waals surface area contributed by atoms with Crippen molar-refractivity contribution in [1.82, 2.24) is 15.3 Å². The van der Waals surface area contributed by atoms with Gasteiger partial charge in [0.2, 0.25) is 5.70 Å². The standard InChI is InChI=1S/C35H34F3N7O6/c1-50-27-10-8-23(29(16-27)51-2)17-41-45-14-13-39-18-28(45)31(24-7-9-26(20-46)44(19-24)34(48)49)43-32(45)21-3-5-22(6-4-21)33(47)42-30-15-25(11-12-40-30)35(36,37)38/h3-6,8,10-16,18,24,26,41,46H,7,9,17,19-20H2,1-2H3,(H-,40,42,47,48,49)/p+1. The molecule has 6 rings (SSSR count). The Labute approximate surface area is 290 Å². The maximum absolute atomic E-state index is 13.2. The number of rotatable bonds is 10. The number of benzene rings is 2. The Morgan fingerprint density at radius 1 is 1.06 bits per heavy atom. The van der Waals surface area contributed by atoms with Crippen LogP contribution in [-0.4, -0.2) is 82.2 Å². The van der Waals surface area contributed by atoms with E-state index in [2.05, 4.69) is 20.7 Å². The van der Waals surface area contributed by atoms with Gasteiger partial charge in [0.05, 0.1) is 57.0 Å². The first-order chi connectivity index (χ1) is 24.5. The lowest BCUT2D eigenvalue weighted by Crippen LogP contribution is -2.56. The number of nitrogens with one attached hydrogen (secondary N) is 2. The van der Waals surface area contributed by atoms with Crippen LogP contribution in [0.25, 0.3) is 0 Å². The minimum absolute atomic E-state index is 0.110. The summed E-state index contributed by atoms with van der Waals surface area (Å²) in [5, 5.41) is 22.2. The van der Waals surface area contributed by atoms with Crippen LogP contribution in [0, 0.1) is 5.92 Å². The number of carboxylic acid groups (broad SMARTS) is 1. The first-order valence-electron chi connectivity index (χ1n) is 15.9. The van der Waals surface area contributed by atoms with Crippen molar-refractivity contribution in [3.63, 3.8) is 0 Å². The second-order valence-electron chi connectivity index (χ2n) is 12.0. The van der Waals surface area contributed by atoms with E-state index in [1.807, 2.05) is 18.3 Å². The number of ether oxygens (including phenoxy) is 2. The number of aromatic nitrogens is 1. The quantitative estimate of drug-likeness (QED) is 0.211. The van der Waals surface area contributed by atoms with E-state index in [1.165, 1.54) is 17.0 Å². The third-order valence-corrected chi connectivity index (χ3v) is 9.07. The highest BCUT2D eigenvalue weighted by molar-refractivity contribution is 6.05. The van der Waals surface area contributed by atoms with Crippen molar-refractivity contribution in [2.75, 3.05) is 32.7 Å². The molecule has 0 bridgehead atoms. The Balaban J connectivity index is 1.35. The fourth-order valence-corrected chi connectivity index (χ4v) is 6.40. The van der Waals surface area contributed by atoms with Crippen LogP contribution in [0.3, 0.4) is 0 Å². The van der Waals surface area contributed by atoms with Gasteiger partial charge in [-0.05, 0) is 55.3 Å². The van der Waals surface area contributed by atoms with Gasteiger partial charge in [-0.2, -0.15) is 18.2 Å². The molecule has 16 heteroatoms. The van der Waals surface area contributed by atoms with Crippen molar-refractivity contribution in [3.8, 4) is 11.5 Å². The van der Waals surface area contributed by atoms with Crippen LogP contribution in [-0.2, 0) is 12.7 Å². The minimum Gasteiger partial charge on any atom is -0.497 e. The lowest BCUT2D eigenvalue weighted by atomic mass is 9.90. The molecule has 3 unspecified atom stereocenters. The number of methoxy groups -OCH3 is 2. The van der Waals surface area contributed by atoms with Gasteiger partial charge in [0, 0.05) is 35.9 Å². The monoisotopic (exact) mass is 706 g/mol. The average molecular weight is 707 g/mol. The molecule has 1 fully saturated rings. The van der Waals surface area contributed by atoms with Gasteiger partial charge in [0.15, 0.2) is 0 Å². The van der Waals surface area contributed by atoms with Crippen molar-refractivity contribution in [2.24, 2.45) is 15.9 Å². The summed E-state index contributed by atoms with van der Waals surface area (Å²) in [6.45, 7) is 0.103. The number of halogens is 3. The number of aliphatic hydroxyl groups excluding tert-OH is 1. The molecule has 1 saturated heterocycles. The van der Waals surface area contributed by atoms with Crippen LogP contribution >= 0.6 is 0 Å². The Hall–Kier alpha value is -5.58. The van der Waals surface area contributed by atoms with Gasteiger partial charge in [-0.3, -0.25) is 9.79 Å². The highest BCUT2D eigenvalue weighted by Gasteiger charge is 2.49. The number of carbonyl (C=O) groups is 2. The molecule has 0 aliphatic carbocycles. The first-order valence-corrected chi connectivity index (χ1v) is 15.9. The predicted molar refractivity (Wildman–Crippen MR) is 180 cm³/mol. The van der Waals surface area contributed by atoms with E-state index < -0.39 is 29.8 Å². The summed E-state index contributed by atoms with van der Waals surface area (Å²) in [4.78, 5) is 39.8. The number of carbonyl (C=O) groups excluding carboxylic acids is 1. The number of amides is 2. The largest absolute Gasteiger partial charge is 0.497 e. The molecule has 2 amide bonds. The van der Waals surface area contributed by atoms with E-state index in [0.29, 0.717) is 47.1 Å². The molecule has 4 heterocycles. The number of alkyl halides is 3. The predicted octanol–water partition coefficient (Wildman–Crippen LogP) is 5.17. The van der Waals surface area contributed by atoms with Gasteiger partial charge in [0.1, 0.15) is 29.2 Å². The smallest absolute Gasteiger partial charge is 0.416 e. The zero-order chi connectivity index (χ0) is 36.3. The highest BCUT2D eigenvalue weighted by Crippen LogP contribution is 2.40. The topological polar surface area (TPSA) is 158 Å². The second-order valence-corrected chi connectivity index (χ2v) is 12.0. The van der Waals surface area contributed by atoms with Gasteiger partial charge >= 0.3 is 12.3 Å². The summed E-state index contributed by atoms with van der Waals surface area (Å²) in [5.74, 6) is 0.483. The fourth-order valence-electron chi connectivity index (χ4n) is 6.40. The summed E-state index contributed by atoms with van der Waals surface area (Å²) in [7, 11) is 3.12. The second kappa shape index (κ2) is 14.3. The van der Waals surface area contributed by atoms with Crippen molar-refractivity contribution in [3.05, 3.63) is 107 Å². The molecular weight excluding hydrogens is 671 g/mol. The van der Waals surface area contributed by atoms with Gasteiger partial charge < -0.3 is 29.9 Å². The van der Waals surface area contributed by atoms with Crippen LogP contribution in [0.15, 0.2) is 94.6 Å². The first kappa shape index (κ1) is 35.3. The molecule has 266 valence electrons. The molecule has 0 radical (unpaired) electrons. The zero-order valence-corrected chi connectivity index (χ0v) is 27.6. The van der Waals surface area contributed by atoms with E-state index in [-0.39, 0.29) is 41.6 Å². The van der Waals surface area contributed by atoms with E-state index in [4.69, 9.17) is 14.5 Å². The summed E-state index contributed by atoms with van der Waals surface area (Å²) >= 11 is 0. The maximum atomic E-state index is 13.2. The van der Waals surface area contributed by atoms with Crippen LogP contribution in [0.5, 0.6) is 11.5 Å². The maximum Gasteiger partial charge on any atom is 0.416 e. The SMILES string of the molecule is COc1ccc(CN[N+]23C=CN=CC2=C(C2CCC(CO)N(C(=O)O)C2)N=C3c2ccc(C(=O)Nc3cc(C(F)(F)F)ccn3)cc2)c(OC)c1. The van der Waals surface area contributed by atoms with Gasteiger partial charge in [0.25, 0.3) is 11.7 Å². The molecule has 0 spiro atoms. The van der Waals surface area contributed by atoms with Crippen LogP contribution in [0.2, 0.25) is 0 Å². The number of fused-ring (bicyclic) bond motifs is 1. The number of likely N-dealkylation sites (tertiary alicyclic amines) is 1. The Morgan fingerprint density at radius 2 is 1.84 bits per heavy atom. The van der Waals surface area contributed by atoms with Gasteiger partial charge in [-0.1, -0.05) is 6.07 Å². The van der Waals surface area contributed by atoms with Gasteiger partial charge in [-0.25, -0.2) is 9.78 Å². The third kappa shape index (κ3) is 7.06. The number of quaternary nitrogens is 1. The number of anilines is 1. The molecule has 13 nitrogen and oxygen atoms in total. The molecule has 4 N–H and O–H groups in total. The lowest BCUT2D eigenvalue weighted by molar-refractivity contribution is -0.791. The Morgan fingerprint density at radius 3 is 2.53 bits per heavy atom. The van der Waals surface area contributed by atoms with E-state index in [9.17, 15) is 33.0 Å². The third-order valence-electron chi connectivity index (χ3n) is 9.07. The number of allylic oxidation sites excluding steroid dienone is 1. The number of nitrogens with zero attached hydrogens (tertiary/aromatic N) is 5. The van der Waals surface area contributed by atoms with Crippen LogP contribution in [0.4, 0.5) is 23.8 Å². The van der Waals surface area contributed by atoms with Crippen molar-refractivity contribution in [1.29, 1.82) is 0 Å². The highest BCUT2D eigenvalue weighted by atomic mass is 19.4. The summed E-state index contributed by atoms with van der Waals surface area (Å²) in [5.41, 5.74) is 5.51.